The van der Waals surface area contributed by atoms with E-state index in [9.17, 15) is 14.4 Å². The third-order valence-electron chi connectivity index (χ3n) is 12.6. The molecule has 42 heavy (non-hydrogen) atoms. The van der Waals surface area contributed by atoms with Crippen LogP contribution in [-0.4, -0.2) is 53.2 Å². The quantitative estimate of drug-likeness (QED) is 0.390. The molecule has 0 amide bonds. The molecule has 3 saturated carbocycles. The van der Waals surface area contributed by atoms with Crippen molar-refractivity contribution >= 4 is 17.7 Å². The second-order valence-corrected chi connectivity index (χ2v) is 15.2. The summed E-state index contributed by atoms with van der Waals surface area (Å²) in [6.07, 6.45) is 8.50. The smallest absolute Gasteiger partial charge is 0.302 e. The van der Waals surface area contributed by atoms with Gasteiger partial charge in [0.2, 0.25) is 0 Å². The molecule has 8 nitrogen and oxygen atoms in total. The molecular formula is C34H48O8. The summed E-state index contributed by atoms with van der Waals surface area (Å²) in [6.45, 7) is 17.8. The fraction of sp³-hybridized carbons (Fsp3) is 0.794. The molecule has 0 radical (unpaired) electrons. The maximum atomic E-state index is 12.6. The van der Waals surface area contributed by atoms with Crippen LogP contribution in [0.15, 0.2) is 23.8 Å². The van der Waals surface area contributed by atoms with Crippen molar-refractivity contribution < 1.29 is 38.1 Å². The topological polar surface area (TPSA) is 97.4 Å². The molecule has 232 valence electrons. The van der Waals surface area contributed by atoms with Crippen molar-refractivity contribution in [2.24, 2.45) is 40.4 Å². The minimum absolute atomic E-state index is 0.0329. The van der Waals surface area contributed by atoms with Gasteiger partial charge in [-0.25, -0.2) is 0 Å². The first-order valence-corrected chi connectivity index (χ1v) is 15.8. The Morgan fingerprint density at radius 3 is 2.31 bits per heavy atom. The van der Waals surface area contributed by atoms with Crippen LogP contribution < -0.4 is 0 Å². The Kier molecular flexibility index (Phi) is 6.78. The predicted molar refractivity (Wildman–Crippen MR) is 154 cm³/mol. The molecule has 6 aliphatic rings. The summed E-state index contributed by atoms with van der Waals surface area (Å²) >= 11 is 0. The lowest BCUT2D eigenvalue weighted by molar-refractivity contribution is -0.385. The van der Waals surface area contributed by atoms with Crippen LogP contribution in [0, 0.1) is 40.4 Å². The number of rotatable bonds is 4. The largest absolute Gasteiger partial charge is 0.462 e. The van der Waals surface area contributed by atoms with E-state index in [1.165, 1.54) is 13.8 Å². The Hall–Kier alpha value is -2.03. The average molecular weight is 585 g/mol. The van der Waals surface area contributed by atoms with Crippen LogP contribution in [0.4, 0.5) is 0 Å². The molecule has 2 aliphatic heterocycles. The van der Waals surface area contributed by atoms with E-state index < -0.39 is 17.2 Å². The summed E-state index contributed by atoms with van der Waals surface area (Å²) in [6, 6.07) is 0. The molecule has 0 unspecified atom stereocenters. The van der Waals surface area contributed by atoms with E-state index in [0.29, 0.717) is 19.3 Å². The molecule has 5 fully saturated rings. The van der Waals surface area contributed by atoms with Crippen LogP contribution in [0.3, 0.4) is 0 Å². The summed E-state index contributed by atoms with van der Waals surface area (Å²) in [5.74, 6) is -1.07. The van der Waals surface area contributed by atoms with Crippen LogP contribution in [-0.2, 0) is 38.1 Å². The summed E-state index contributed by atoms with van der Waals surface area (Å²) < 4.78 is 31.6. The van der Waals surface area contributed by atoms with Crippen molar-refractivity contribution in [2.75, 3.05) is 0 Å². The first kappa shape index (κ1) is 30.0. The van der Waals surface area contributed by atoms with E-state index in [1.54, 1.807) is 12.2 Å². The van der Waals surface area contributed by atoms with Gasteiger partial charge in [-0.2, -0.15) is 0 Å². The SMILES string of the molecule is CC(=O)O[C@H]1C[C@H]2[C@H]([C@H]3CC[C@H]([C@H](C)[C@H]4C[C@@]5(C)O[C@@](C)(O4)OC5(C)C)[C@@]13C)[C@H](OC(C)=O)CC1=CC(=O)C=C[C@@]12C. The fourth-order valence-electron chi connectivity index (χ4n) is 10.4. The molecule has 0 aromatic carbocycles. The molecule has 12 atom stereocenters. The zero-order valence-corrected chi connectivity index (χ0v) is 26.7. The van der Waals surface area contributed by atoms with Gasteiger partial charge in [0.15, 0.2) is 5.78 Å². The van der Waals surface area contributed by atoms with Crippen LogP contribution in [0.5, 0.6) is 0 Å². The number of hydrogen-bond acceptors (Lipinski definition) is 8. The number of allylic oxidation sites excluding steroid dienone is 3. The average Bonchev–Trinajstić information content (AvgIpc) is 3.27. The molecule has 4 aliphatic carbocycles. The number of hydrogen-bond donors (Lipinski definition) is 0. The van der Waals surface area contributed by atoms with Gasteiger partial charge >= 0.3 is 11.9 Å². The van der Waals surface area contributed by atoms with Crippen LogP contribution in [0.1, 0.15) is 94.4 Å². The maximum absolute atomic E-state index is 12.6. The van der Waals surface area contributed by atoms with Crippen LogP contribution in [0.25, 0.3) is 0 Å². The molecule has 0 N–H and O–H groups in total. The number of carbonyl (C=O) groups is 3. The minimum Gasteiger partial charge on any atom is -0.462 e. The van der Waals surface area contributed by atoms with Gasteiger partial charge < -0.3 is 23.7 Å². The van der Waals surface area contributed by atoms with Gasteiger partial charge in [0.25, 0.3) is 5.97 Å². The van der Waals surface area contributed by atoms with Crippen molar-refractivity contribution in [1.82, 2.24) is 0 Å². The first-order valence-electron chi connectivity index (χ1n) is 15.8. The Morgan fingerprint density at radius 2 is 1.67 bits per heavy atom. The Bertz CT molecular complexity index is 1250. The minimum atomic E-state index is -1.10. The number of fused-ring (bicyclic) bond motifs is 7. The Morgan fingerprint density at radius 1 is 0.976 bits per heavy atom. The van der Waals surface area contributed by atoms with Gasteiger partial charge in [-0.3, -0.25) is 14.4 Å². The predicted octanol–water partition coefficient (Wildman–Crippen LogP) is 5.68. The summed E-state index contributed by atoms with van der Waals surface area (Å²) in [5, 5.41) is 0. The van der Waals surface area contributed by atoms with Gasteiger partial charge in [-0.15, -0.1) is 0 Å². The number of ether oxygens (including phenoxy) is 5. The van der Waals surface area contributed by atoms with E-state index >= 15 is 0 Å². The van der Waals surface area contributed by atoms with E-state index in [-0.39, 0.29) is 76.5 Å². The molecule has 8 heteroatoms. The van der Waals surface area contributed by atoms with Crippen LogP contribution >= 0.6 is 0 Å². The molecule has 2 saturated heterocycles. The molecular weight excluding hydrogens is 536 g/mol. The Balaban J connectivity index is 1.39. The standard InChI is InChI=1S/C34H48O8/c1-18(27-17-32(7)30(4,5)41-34(9,40-27)42-32)23-10-11-24-29-25(16-28(33(23,24)8)39-20(3)36)31(6)13-12-22(37)14-21(31)15-26(29)38-19(2)35/h12-14,18,23-29H,10-11,15-17H2,1-9H3/t18-,23+,24+,25-,26+,27+,28-,29-,31-,32+,33+,34-/m0/s1. The summed E-state index contributed by atoms with van der Waals surface area (Å²) in [5.41, 5.74) is -0.698. The fourth-order valence-corrected chi connectivity index (χ4v) is 10.4. The third-order valence-corrected chi connectivity index (χ3v) is 12.6. The molecule has 2 heterocycles. The van der Waals surface area contributed by atoms with Gasteiger partial charge in [0.05, 0.1) is 11.7 Å². The summed E-state index contributed by atoms with van der Waals surface area (Å²) in [4.78, 5) is 37.5. The normalized spacial score (nSPS) is 49.3. The highest BCUT2D eigenvalue weighted by Crippen LogP contribution is 2.68. The van der Waals surface area contributed by atoms with E-state index in [4.69, 9.17) is 23.7 Å². The summed E-state index contributed by atoms with van der Waals surface area (Å²) in [7, 11) is 0. The van der Waals surface area contributed by atoms with Crippen molar-refractivity contribution in [3.63, 3.8) is 0 Å². The van der Waals surface area contributed by atoms with Crippen molar-refractivity contribution in [3.05, 3.63) is 23.8 Å². The number of carbonyl (C=O) groups excluding carboxylic acids is 3. The number of ketones is 1. The molecule has 0 aromatic heterocycles. The zero-order chi connectivity index (χ0) is 30.6. The zero-order valence-electron chi connectivity index (χ0n) is 26.7. The highest BCUT2D eigenvalue weighted by molar-refractivity contribution is 6.01. The van der Waals surface area contributed by atoms with Crippen molar-refractivity contribution in [3.8, 4) is 0 Å². The molecule has 0 spiro atoms. The van der Waals surface area contributed by atoms with E-state index in [2.05, 4.69) is 41.5 Å². The molecule has 0 aromatic rings. The van der Waals surface area contributed by atoms with Crippen molar-refractivity contribution in [2.45, 2.75) is 130 Å². The maximum Gasteiger partial charge on any atom is 0.302 e. The van der Waals surface area contributed by atoms with Gasteiger partial charge in [0, 0.05) is 50.4 Å². The first-order chi connectivity index (χ1) is 19.4. The van der Waals surface area contributed by atoms with Gasteiger partial charge in [-0.1, -0.05) is 32.4 Å². The lowest BCUT2D eigenvalue weighted by Gasteiger charge is -2.61. The lowest BCUT2D eigenvalue weighted by Crippen LogP contribution is -2.62. The molecule has 6 rings (SSSR count). The van der Waals surface area contributed by atoms with Gasteiger partial charge in [-0.05, 0) is 75.9 Å². The second kappa shape index (κ2) is 9.48. The Labute approximate surface area is 249 Å². The highest BCUT2D eigenvalue weighted by atomic mass is 16.9. The number of esters is 2. The molecule has 2 bridgehead atoms. The van der Waals surface area contributed by atoms with Gasteiger partial charge in [0.1, 0.15) is 17.8 Å². The lowest BCUT2D eigenvalue weighted by atomic mass is 9.45. The van der Waals surface area contributed by atoms with Crippen LogP contribution in [0.2, 0.25) is 0 Å². The van der Waals surface area contributed by atoms with E-state index in [0.717, 1.165) is 18.4 Å². The second-order valence-electron chi connectivity index (χ2n) is 15.2. The third kappa shape index (κ3) is 4.29. The monoisotopic (exact) mass is 584 g/mol. The van der Waals surface area contributed by atoms with E-state index in [1.807, 2.05) is 13.0 Å². The van der Waals surface area contributed by atoms with Crippen molar-refractivity contribution in [1.29, 1.82) is 0 Å². The highest BCUT2D eigenvalue weighted by Gasteiger charge is 2.69.